The van der Waals surface area contributed by atoms with Gasteiger partial charge in [0.25, 0.3) is 5.91 Å². The van der Waals surface area contributed by atoms with Crippen LogP contribution in [0.3, 0.4) is 0 Å². The van der Waals surface area contributed by atoms with Crippen molar-refractivity contribution in [3.8, 4) is 11.5 Å². The Morgan fingerprint density at radius 2 is 1.95 bits per heavy atom. The van der Waals surface area contributed by atoms with Gasteiger partial charge in [0, 0.05) is 12.4 Å². The molecule has 6 heteroatoms. The number of nitrogens with zero attached hydrogens (tertiary/aromatic N) is 1. The molecule has 0 radical (unpaired) electrons. The largest absolute Gasteiger partial charge is 0.504 e. The van der Waals surface area contributed by atoms with Crippen LogP contribution in [0.2, 0.25) is 0 Å². The lowest BCUT2D eigenvalue weighted by Crippen LogP contribution is -2.40. The van der Waals surface area contributed by atoms with Gasteiger partial charge < -0.3 is 15.9 Å². The molecule has 0 aliphatic heterocycles. The Kier molecular flexibility index (Phi) is 3.72. The van der Waals surface area contributed by atoms with E-state index in [-0.39, 0.29) is 23.8 Å². The van der Waals surface area contributed by atoms with E-state index in [2.05, 4.69) is 5.43 Å². The molecule has 19 heavy (non-hydrogen) atoms. The Bertz CT molecular complexity index is 567. The molecule has 1 atom stereocenters. The van der Waals surface area contributed by atoms with Crippen LogP contribution in [0, 0.1) is 0 Å². The highest BCUT2D eigenvalue weighted by atomic mass is 16.3. The minimum atomic E-state index is -0.744. The van der Waals surface area contributed by atoms with E-state index in [1.807, 2.05) is 0 Å². The first kappa shape index (κ1) is 13.0. The summed E-state index contributed by atoms with van der Waals surface area (Å²) in [6, 6.07) is 7.18. The van der Waals surface area contributed by atoms with E-state index in [9.17, 15) is 15.0 Å². The second-order valence-corrected chi connectivity index (χ2v) is 4.20. The number of nitrogens with two attached hydrogens (primary N) is 1. The first-order chi connectivity index (χ1) is 9.06. The van der Waals surface area contributed by atoms with Crippen molar-refractivity contribution in [3.05, 3.63) is 48.3 Å². The van der Waals surface area contributed by atoms with Crippen molar-refractivity contribution in [3.63, 3.8) is 0 Å². The maximum absolute atomic E-state index is 11.8. The van der Waals surface area contributed by atoms with E-state index in [1.54, 1.807) is 30.6 Å². The van der Waals surface area contributed by atoms with Gasteiger partial charge in [-0.15, -0.1) is 0 Å². The molecule has 0 unspecified atom stereocenters. The van der Waals surface area contributed by atoms with Crippen molar-refractivity contribution in [1.82, 2.24) is 4.68 Å². The van der Waals surface area contributed by atoms with E-state index in [0.29, 0.717) is 5.56 Å². The van der Waals surface area contributed by atoms with Crippen LogP contribution in [0.4, 0.5) is 0 Å². The summed E-state index contributed by atoms with van der Waals surface area (Å²) in [5.74, 6) is -0.756. The molecule has 2 rings (SSSR count). The Hall–Kier alpha value is -2.47. The quantitative estimate of drug-likeness (QED) is 0.603. The average molecular weight is 261 g/mol. The van der Waals surface area contributed by atoms with Gasteiger partial charge in [0.05, 0.1) is 6.04 Å². The number of phenols is 2. The molecule has 1 aromatic carbocycles. The summed E-state index contributed by atoms with van der Waals surface area (Å²) in [7, 11) is 0. The first-order valence-electron chi connectivity index (χ1n) is 5.76. The second-order valence-electron chi connectivity index (χ2n) is 4.20. The van der Waals surface area contributed by atoms with Gasteiger partial charge in [0.2, 0.25) is 0 Å². The molecular weight excluding hydrogens is 246 g/mol. The fourth-order valence-corrected chi connectivity index (χ4v) is 1.66. The van der Waals surface area contributed by atoms with Crippen molar-refractivity contribution >= 4 is 5.91 Å². The molecule has 0 spiro atoms. The summed E-state index contributed by atoms with van der Waals surface area (Å²) in [4.78, 5) is 11.8. The average Bonchev–Trinajstić information content (AvgIpc) is 2.86. The molecule has 0 bridgehead atoms. The Morgan fingerprint density at radius 3 is 2.58 bits per heavy atom. The van der Waals surface area contributed by atoms with Gasteiger partial charge >= 0.3 is 0 Å². The van der Waals surface area contributed by atoms with Gasteiger partial charge in [-0.05, 0) is 36.2 Å². The van der Waals surface area contributed by atoms with E-state index in [4.69, 9.17) is 5.73 Å². The molecule has 5 N–H and O–H groups in total. The summed E-state index contributed by atoms with van der Waals surface area (Å²) in [6.45, 7) is 0. The van der Waals surface area contributed by atoms with Gasteiger partial charge in [-0.1, -0.05) is 6.07 Å². The number of hydrogen-bond acceptors (Lipinski definition) is 4. The lowest BCUT2D eigenvalue weighted by Gasteiger charge is -2.13. The third-order valence-electron chi connectivity index (χ3n) is 2.68. The zero-order chi connectivity index (χ0) is 13.8. The molecule has 0 saturated carbocycles. The minimum absolute atomic E-state index is 0.200. The summed E-state index contributed by atoms with van der Waals surface area (Å²) in [6.07, 6.45) is 3.65. The van der Waals surface area contributed by atoms with Gasteiger partial charge in [0.1, 0.15) is 0 Å². The molecule has 100 valence electrons. The van der Waals surface area contributed by atoms with Crippen molar-refractivity contribution in [2.75, 3.05) is 5.43 Å². The summed E-state index contributed by atoms with van der Waals surface area (Å²) < 4.78 is 1.51. The number of nitrogens with one attached hydrogen (secondary N) is 1. The van der Waals surface area contributed by atoms with Crippen LogP contribution in [0.25, 0.3) is 0 Å². The highest BCUT2D eigenvalue weighted by Crippen LogP contribution is 2.25. The maximum atomic E-state index is 11.8. The van der Waals surface area contributed by atoms with Crippen LogP contribution >= 0.6 is 0 Å². The Morgan fingerprint density at radius 1 is 1.26 bits per heavy atom. The third kappa shape index (κ3) is 3.26. The molecule has 6 nitrogen and oxygen atoms in total. The number of aromatic nitrogens is 1. The predicted molar refractivity (Wildman–Crippen MR) is 70.3 cm³/mol. The summed E-state index contributed by atoms with van der Waals surface area (Å²) in [5, 5.41) is 18.6. The number of phenolic OH excluding ortho intramolecular Hbond substituents is 2. The van der Waals surface area contributed by atoms with Crippen LogP contribution in [0.5, 0.6) is 11.5 Å². The number of benzene rings is 1. The summed E-state index contributed by atoms with van der Waals surface area (Å²) in [5.41, 5.74) is 9.06. The fourth-order valence-electron chi connectivity index (χ4n) is 1.66. The van der Waals surface area contributed by atoms with Crippen LogP contribution in [0.15, 0.2) is 42.7 Å². The second kappa shape index (κ2) is 5.45. The van der Waals surface area contributed by atoms with Gasteiger partial charge in [-0.3, -0.25) is 14.9 Å². The topological polar surface area (TPSA) is 101 Å². The van der Waals surface area contributed by atoms with Gasteiger partial charge in [-0.25, -0.2) is 0 Å². The lowest BCUT2D eigenvalue weighted by atomic mass is 10.1. The number of aromatic hydroxyl groups is 2. The Balaban J connectivity index is 1.98. The Labute approximate surface area is 110 Å². The smallest absolute Gasteiger partial charge is 0.256 e. The molecular formula is C13H15N3O3. The fraction of sp³-hybridized carbons (Fsp3) is 0.154. The van der Waals surface area contributed by atoms with Crippen LogP contribution in [-0.4, -0.2) is 26.8 Å². The SMILES string of the molecule is N[C@@H](Cc1ccc(O)c(O)c1)C(=O)Nn1cccc1. The van der Waals surface area contributed by atoms with Crippen LogP contribution < -0.4 is 11.2 Å². The zero-order valence-corrected chi connectivity index (χ0v) is 10.2. The van der Waals surface area contributed by atoms with Crippen LogP contribution in [0.1, 0.15) is 5.56 Å². The number of rotatable bonds is 4. The van der Waals surface area contributed by atoms with E-state index >= 15 is 0 Å². The first-order valence-corrected chi connectivity index (χ1v) is 5.76. The van der Waals surface area contributed by atoms with Crippen molar-refractivity contribution < 1.29 is 15.0 Å². The highest BCUT2D eigenvalue weighted by molar-refractivity contribution is 5.88. The molecule has 1 aromatic heterocycles. The minimum Gasteiger partial charge on any atom is -0.504 e. The standard InChI is InChI=1S/C13H15N3O3/c14-10(13(19)15-16-5-1-2-6-16)7-9-3-4-11(17)12(18)8-9/h1-6,8,10,17-18H,7,14H2,(H,15,19)/t10-/m0/s1. The molecule has 0 aliphatic rings. The molecule has 0 aliphatic carbocycles. The molecule has 1 heterocycles. The van der Waals surface area contributed by atoms with E-state index in [1.165, 1.54) is 16.8 Å². The summed E-state index contributed by atoms with van der Waals surface area (Å²) >= 11 is 0. The molecule has 1 amide bonds. The maximum Gasteiger partial charge on any atom is 0.256 e. The molecule has 0 fully saturated rings. The number of carbonyl (C=O) groups excluding carboxylic acids is 1. The van der Waals surface area contributed by atoms with Crippen molar-refractivity contribution in [2.45, 2.75) is 12.5 Å². The van der Waals surface area contributed by atoms with E-state index < -0.39 is 6.04 Å². The highest BCUT2D eigenvalue weighted by Gasteiger charge is 2.15. The number of amides is 1. The van der Waals surface area contributed by atoms with Crippen molar-refractivity contribution in [1.29, 1.82) is 0 Å². The number of hydrogen-bond donors (Lipinski definition) is 4. The van der Waals surface area contributed by atoms with Crippen LogP contribution in [-0.2, 0) is 11.2 Å². The van der Waals surface area contributed by atoms with E-state index in [0.717, 1.165) is 0 Å². The monoisotopic (exact) mass is 261 g/mol. The zero-order valence-electron chi connectivity index (χ0n) is 10.2. The number of carbonyl (C=O) groups is 1. The predicted octanol–water partition coefficient (Wildman–Crippen LogP) is 0.539. The molecule has 2 aromatic rings. The lowest BCUT2D eigenvalue weighted by molar-refractivity contribution is -0.118. The van der Waals surface area contributed by atoms with Gasteiger partial charge in [-0.2, -0.15) is 0 Å². The third-order valence-corrected chi connectivity index (χ3v) is 2.68. The normalized spacial score (nSPS) is 12.1. The molecule has 0 saturated heterocycles. The van der Waals surface area contributed by atoms with Crippen molar-refractivity contribution in [2.24, 2.45) is 5.73 Å². The van der Waals surface area contributed by atoms with Gasteiger partial charge in [0.15, 0.2) is 11.5 Å².